The number of methoxy groups -OCH3 is 1. The number of ether oxygens (including phenoxy) is 1. The molecule has 1 atom stereocenters. The highest BCUT2D eigenvalue weighted by atomic mass is 79.9. The third kappa shape index (κ3) is 4.95. The minimum Gasteiger partial charge on any atom is -0.492 e. The molecule has 3 rings (SSSR count). The number of aryl methyl sites for hydroxylation is 1. The van der Waals surface area contributed by atoms with Crippen molar-refractivity contribution in [2.45, 2.75) is 42.0 Å². The van der Waals surface area contributed by atoms with Crippen LogP contribution in [0, 0.1) is 0 Å². The maximum Gasteiger partial charge on any atom is 0.277 e. The van der Waals surface area contributed by atoms with Gasteiger partial charge >= 0.3 is 0 Å². The number of hydrogen-bond donors (Lipinski definition) is 1. The molecule has 0 saturated heterocycles. The van der Waals surface area contributed by atoms with E-state index in [-0.39, 0.29) is 11.5 Å². The zero-order chi connectivity index (χ0) is 23.3. The summed E-state index contributed by atoms with van der Waals surface area (Å²) in [5.74, 6) is -0.473. The summed E-state index contributed by atoms with van der Waals surface area (Å²) in [5, 5.41) is 10.6. The van der Waals surface area contributed by atoms with Crippen molar-refractivity contribution in [1.29, 1.82) is 0 Å². The Bertz CT molecular complexity index is 1230. The first-order valence-corrected chi connectivity index (χ1v) is 12.5. The van der Waals surface area contributed by atoms with Gasteiger partial charge in [0.1, 0.15) is 5.82 Å². The third-order valence-electron chi connectivity index (χ3n) is 5.10. The van der Waals surface area contributed by atoms with Crippen LogP contribution in [0.25, 0.3) is 0 Å². The van der Waals surface area contributed by atoms with E-state index < -0.39 is 32.2 Å². The number of sulfone groups is 1. The first kappa shape index (κ1) is 24.2. The SMILES string of the molecule is CCCCc1nc(O)c(S(=O)(=O)c2ccc(Br)cc2)c(=O)n1C(COC)c1ccccc1. The van der Waals surface area contributed by atoms with E-state index in [1.165, 1.54) is 23.8 Å². The van der Waals surface area contributed by atoms with Crippen molar-refractivity contribution in [2.24, 2.45) is 0 Å². The van der Waals surface area contributed by atoms with E-state index in [4.69, 9.17) is 4.74 Å². The van der Waals surface area contributed by atoms with Crippen LogP contribution in [0.1, 0.15) is 37.2 Å². The minimum absolute atomic E-state index is 0.106. The van der Waals surface area contributed by atoms with E-state index in [0.717, 1.165) is 18.4 Å². The molecule has 0 fully saturated rings. The second kappa shape index (κ2) is 10.4. The summed E-state index contributed by atoms with van der Waals surface area (Å²) >= 11 is 3.27. The number of halogens is 1. The number of nitrogens with zero attached hydrogens (tertiary/aromatic N) is 2. The number of aromatic nitrogens is 2. The van der Waals surface area contributed by atoms with Gasteiger partial charge in [-0.05, 0) is 36.2 Å². The average molecular weight is 521 g/mol. The lowest BCUT2D eigenvalue weighted by Gasteiger charge is -2.24. The molecule has 0 aliphatic rings. The van der Waals surface area contributed by atoms with Crippen molar-refractivity contribution in [3.05, 3.63) is 80.8 Å². The van der Waals surface area contributed by atoms with Gasteiger partial charge in [-0.3, -0.25) is 9.36 Å². The summed E-state index contributed by atoms with van der Waals surface area (Å²) < 4.78 is 34.1. The monoisotopic (exact) mass is 520 g/mol. The van der Waals surface area contributed by atoms with Crippen LogP contribution in [0.15, 0.2) is 73.7 Å². The summed E-state index contributed by atoms with van der Waals surface area (Å²) in [4.78, 5) is 17.0. The molecule has 2 aromatic carbocycles. The Morgan fingerprint density at radius 2 is 1.78 bits per heavy atom. The summed E-state index contributed by atoms with van der Waals surface area (Å²) in [6.07, 6.45) is 1.97. The summed E-state index contributed by atoms with van der Waals surface area (Å²) in [6.45, 7) is 2.13. The van der Waals surface area contributed by atoms with Crippen LogP contribution in [-0.4, -0.2) is 36.8 Å². The van der Waals surface area contributed by atoms with Crippen molar-refractivity contribution in [1.82, 2.24) is 9.55 Å². The topological polar surface area (TPSA) is 98.5 Å². The predicted molar refractivity (Wildman–Crippen MR) is 125 cm³/mol. The first-order chi connectivity index (χ1) is 15.3. The Morgan fingerprint density at radius 1 is 1.12 bits per heavy atom. The lowest BCUT2D eigenvalue weighted by atomic mass is 10.1. The molecule has 0 aliphatic carbocycles. The standard InChI is InChI=1S/C23H25BrN2O5S/c1-3-4-10-20-25-22(27)21(32(29,30)18-13-11-17(24)12-14-18)23(28)26(20)19(15-31-2)16-8-6-5-7-9-16/h5-9,11-14,19,27H,3-4,10,15H2,1-2H3. The fraction of sp³-hybridized carbons (Fsp3) is 0.304. The van der Waals surface area contributed by atoms with E-state index in [9.17, 15) is 18.3 Å². The van der Waals surface area contributed by atoms with Crippen LogP contribution in [0.4, 0.5) is 0 Å². The number of unbranched alkanes of at least 4 members (excludes halogenated alkanes) is 1. The number of hydrogen-bond acceptors (Lipinski definition) is 6. The summed E-state index contributed by atoms with van der Waals surface area (Å²) in [7, 11) is -2.80. The fourth-order valence-corrected chi connectivity index (χ4v) is 5.11. The zero-order valence-corrected chi connectivity index (χ0v) is 20.3. The van der Waals surface area contributed by atoms with Crippen LogP contribution >= 0.6 is 15.9 Å². The Kier molecular flexibility index (Phi) is 7.86. The molecule has 0 amide bonds. The fourth-order valence-electron chi connectivity index (χ4n) is 3.50. The smallest absolute Gasteiger partial charge is 0.277 e. The van der Waals surface area contributed by atoms with Crippen molar-refractivity contribution < 1.29 is 18.3 Å². The molecule has 9 heteroatoms. The van der Waals surface area contributed by atoms with Crippen LogP contribution in [0.2, 0.25) is 0 Å². The minimum atomic E-state index is -4.31. The second-order valence-corrected chi connectivity index (χ2v) is 10.1. The van der Waals surface area contributed by atoms with E-state index in [0.29, 0.717) is 16.7 Å². The van der Waals surface area contributed by atoms with E-state index in [1.807, 2.05) is 37.3 Å². The molecule has 0 spiro atoms. The lowest BCUT2D eigenvalue weighted by Crippen LogP contribution is -2.35. The maximum absolute atomic E-state index is 13.7. The first-order valence-electron chi connectivity index (χ1n) is 10.2. The van der Waals surface area contributed by atoms with E-state index in [2.05, 4.69) is 20.9 Å². The Balaban J connectivity index is 2.30. The van der Waals surface area contributed by atoms with Gasteiger partial charge in [0.2, 0.25) is 15.7 Å². The quantitative estimate of drug-likeness (QED) is 0.455. The van der Waals surface area contributed by atoms with Crippen molar-refractivity contribution >= 4 is 25.8 Å². The maximum atomic E-state index is 13.7. The van der Waals surface area contributed by atoms with E-state index in [1.54, 1.807) is 12.1 Å². The molecule has 1 N–H and O–H groups in total. The number of benzene rings is 2. The molecule has 170 valence electrons. The summed E-state index contributed by atoms with van der Waals surface area (Å²) in [5.41, 5.74) is -0.0499. The molecule has 0 aliphatic heterocycles. The number of aromatic hydroxyl groups is 1. The van der Waals surface area contributed by atoms with Crippen molar-refractivity contribution in [3.63, 3.8) is 0 Å². The molecule has 1 aromatic heterocycles. The Morgan fingerprint density at radius 3 is 2.38 bits per heavy atom. The molecule has 7 nitrogen and oxygen atoms in total. The van der Waals surface area contributed by atoms with Crippen molar-refractivity contribution in [2.75, 3.05) is 13.7 Å². The van der Waals surface area contributed by atoms with Gasteiger partial charge in [-0.15, -0.1) is 0 Å². The lowest BCUT2D eigenvalue weighted by molar-refractivity contribution is 0.165. The van der Waals surface area contributed by atoms with Gasteiger partial charge in [0, 0.05) is 18.0 Å². The molecular weight excluding hydrogens is 496 g/mol. The normalized spacial score (nSPS) is 12.6. The van der Waals surface area contributed by atoms with Crippen LogP contribution in [-0.2, 0) is 21.0 Å². The van der Waals surface area contributed by atoms with Crippen LogP contribution in [0.3, 0.4) is 0 Å². The van der Waals surface area contributed by atoms with Gasteiger partial charge in [-0.1, -0.05) is 59.6 Å². The molecule has 0 bridgehead atoms. The van der Waals surface area contributed by atoms with Gasteiger partial charge in [-0.2, -0.15) is 4.98 Å². The highest BCUT2D eigenvalue weighted by molar-refractivity contribution is 9.10. The third-order valence-corrected chi connectivity index (χ3v) is 7.41. The van der Waals surface area contributed by atoms with Crippen LogP contribution in [0.5, 0.6) is 5.88 Å². The highest BCUT2D eigenvalue weighted by Crippen LogP contribution is 2.28. The van der Waals surface area contributed by atoms with E-state index >= 15 is 0 Å². The predicted octanol–water partition coefficient (Wildman–Crippen LogP) is 4.12. The second-order valence-electron chi connectivity index (χ2n) is 7.30. The molecule has 1 unspecified atom stereocenters. The zero-order valence-electron chi connectivity index (χ0n) is 17.9. The molecule has 1 heterocycles. The highest BCUT2D eigenvalue weighted by Gasteiger charge is 2.31. The average Bonchev–Trinajstić information content (AvgIpc) is 2.77. The number of rotatable bonds is 9. The van der Waals surface area contributed by atoms with Gasteiger partial charge in [0.05, 0.1) is 17.5 Å². The van der Waals surface area contributed by atoms with Crippen molar-refractivity contribution in [3.8, 4) is 5.88 Å². The summed E-state index contributed by atoms with van der Waals surface area (Å²) in [6, 6.07) is 14.5. The Hall–Kier alpha value is -2.49. The molecule has 0 saturated carbocycles. The molecular formula is C23H25BrN2O5S. The van der Waals surface area contributed by atoms with Gasteiger partial charge < -0.3 is 9.84 Å². The largest absolute Gasteiger partial charge is 0.492 e. The van der Waals surface area contributed by atoms with Gasteiger partial charge in [0.25, 0.3) is 5.56 Å². The Labute approximate surface area is 195 Å². The van der Waals surface area contributed by atoms with Gasteiger partial charge in [0.15, 0.2) is 4.90 Å². The molecule has 0 radical (unpaired) electrons. The molecule has 32 heavy (non-hydrogen) atoms. The molecule has 3 aromatic rings. The van der Waals surface area contributed by atoms with Gasteiger partial charge in [-0.25, -0.2) is 8.42 Å². The van der Waals surface area contributed by atoms with Crippen LogP contribution < -0.4 is 5.56 Å².